The average molecular weight is 2050 g/mol. The number of H-pyrrole nitrogens is 3. The minimum Gasteiger partial charge on any atom is -0.481 e. The lowest BCUT2D eigenvalue weighted by Crippen LogP contribution is -2.62. The first-order valence-corrected chi connectivity index (χ1v) is 50.0. The number of aromatic nitrogens is 7. The summed E-state index contributed by atoms with van der Waals surface area (Å²) in [5, 5.41) is 92.1. The summed E-state index contributed by atoms with van der Waals surface area (Å²) in [5.41, 5.74) is 24.9. The van der Waals surface area contributed by atoms with Gasteiger partial charge in [0.2, 0.25) is 100 Å². The van der Waals surface area contributed by atoms with Gasteiger partial charge >= 0.3 is 5.97 Å². The zero-order valence-electron chi connectivity index (χ0n) is 82.6. The zero-order chi connectivity index (χ0) is 106. The molecule has 5 heterocycles. The van der Waals surface area contributed by atoms with Gasteiger partial charge in [-0.2, -0.15) is 0 Å². The second-order valence-corrected chi connectivity index (χ2v) is 36.1. The summed E-state index contributed by atoms with van der Waals surface area (Å²) in [6.45, 7) is -2.18. The van der Waals surface area contributed by atoms with Crippen LogP contribution >= 0.6 is 0 Å². The van der Waals surface area contributed by atoms with Crippen LogP contribution in [0.3, 0.4) is 0 Å². The lowest BCUT2D eigenvalue weighted by Gasteiger charge is -2.31. The highest BCUT2D eigenvalue weighted by Gasteiger charge is 2.45. The molecule has 5 aromatic rings. The average Bonchev–Trinajstić information content (AvgIpc) is 1.64. The number of ether oxygens (including phenoxy) is 2. The number of aliphatic hydroxyl groups is 2. The fraction of sp³-hybridized carbons (Fsp3) is 0.611. The molecule has 51 heteroatoms. The summed E-state index contributed by atoms with van der Waals surface area (Å²) in [5.74, 6) is -16.1. The summed E-state index contributed by atoms with van der Waals surface area (Å²) in [6, 6.07) is -3.11. The van der Waals surface area contributed by atoms with Gasteiger partial charge in [0.05, 0.1) is 51.1 Å². The first kappa shape index (κ1) is 119. The van der Waals surface area contributed by atoms with Gasteiger partial charge in [-0.15, -0.1) is 5.10 Å². The van der Waals surface area contributed by atoms with Crippen molar-refractivity contribution in [1.29, 1.82) is 5.41 Å². The molecule has 51 nitrogen and oxygen atoms in total. The van der Waals surface area contributed by atoms with Gasteiger partial charge in [0, 0.05) is 114 Å². The Kier molecular flexibility index (Phi) is 53.6. The topological polar surface area (TPSA) is 797 Å². The van der Waals surface area contributed by atoms with Crippen molar-refractivity contribution in [2.45, 2.75) is 297 Å². The zero-order valence-corrected chi connectivity index (χ0v) is 82.6. The van der Waals surface area contributed by atoms with Crippen molar-refractivity contribution in [2.75, 3.05) is 72.3 Å². The van der Waals surface area contributed by atoms with E-state index in [1.807, 2.05) is 6.07 Å². The quantitative estimate of drug-likeness (QED) is 0.00997. The fourth-order valence-electron chi connectivity index (χ4n) is 16.5. The molecule has 17 amide bonds. The number of aromatic amines is 3. The Morgan fingerprint density at radius 1 is 0.582 bits per heavy atom. The number of nitrogens with two attached hydrogens (primary N) is 4. The van der Waals surface area contributed by atoms with Crippen LogP contribution in [0, 0.1) is 5.41 Å². The van der Waals surface area contributed by atoms with E-state index in [2.05, 4.69) is 115 Å². The first-order chi connectivity index (χ1) is 70.2. The molecule has 2 saturated heterocycles. The van der Waals surface area contributed by atoms with Crippen LogP contribution in [0.15, 0.2) is 73.3 Å². The molecule has 0 unspecified atom stereocenters. The number of carboxylic acids is 1. The maximum absolute atomic E-state index is 15.4. The van der Waals surface area contributed by atoms with Crippen molar-refractivity contribution in [1.82, 2.24) is 120 Å². The highest BCUT2D eigenvalue weighted by atomic mass is 16.5. The third-order valence-corrected chi connectivity index (χ3v) is 24.5. The van der Waals surface area contributed by atoms with E-state index in [1.54, 1.807) is 61.7 Å². The van der Waals surface area contributed by atoms with Crippen molar-refractivity contribution < 1.29 is 111 Å². The molecule has 7 rings (SSSR count). The molecule has 0 spiro atoms. The second-order valence-electron chi connectivity index (χ2n) is 36.1. The van der Waals surface area contributed by atoms with Crippen LogP contribution < -0.4 is 103 Å². The van der Waals surface area contributed by atoms with Gasteiger partial charge in [0.1, 0.15) is 84.9 Å². The molecule has 30 N–H and O–H groups in total. The molecule has 2 aromatic carbocycles. The molecule has 0 saturated carbocycles. The Hall–Kier alpha value is -14.2. The van der Waals surface area contributed by atoms with E-state index in [4.69, 9.17) is 37.8 Å². The predicted molar refractivity (Wildman–Crippen MR) is 527 cm³/mol. The molecular weight excluding hydrogens is 1900 g/mol. The molecule has 804 valence electrons. The van der Waals surface area contributed by atoms with Gasteiger partial charge in [-0.25, -0.2) is 10.1 Å². The van der Waals surface area contributed by atoms with E-state index in [0.29, 0.717) is 34.9 Å². The molecule has 3 aromatic heterocycles. The number of fused-ring (bicyclic) bond motifs is 2. The van der Waals surface area contributed by atoms with Gasteiger partial charge in [-0.3, -0.25) is 91.7 Å². The number of carbonyl (C=O) groups is 18. The number of aliphatic carboxylic acids is 1. The van der Waals surface area contributed by atoms with Gasteiger partial charge < -0.3 is 142 Å². The van der Waals surface area contributed by atoms with Crippen LogP contribution in [0.25, 0.3) is 10.9 Å². The summed E-state index contributed by atoms with van der Waals surface area (Å²) in [7, 11) is 0. The number of tetrazole rings is 1. The number of benzene rings is 2. The number of nitrogens with one attached hydrogen (secondary N) is 19. The highest BCUT2D eigenvalue weighted by molar-refractivity contribution is 6.01. The van der Waals surface area contributed by atoms with E-state index >= 15 is 19.2 Å². The number of hydrogen-bond donors (Lipinski definition) is 26. The SMILES string of the molecule is CCCC[C@H](NC(=O)[C@H](Cc1c[nH]cn1)NC(=O)[C@H](CN)NC(=O)[C@@H](CO)NC(=O)[C@H](CCC(N)=O)NC(=O)CNC(=O)COCCOCCNC(=O)[C@H](CCC(=O)O)NC(=O)CCCCCCCCCCCCCCCc1nnn[nH]1)C(=O)N[C@H]1CCC(=O)NCCCC[C@@H](C(N)=O)NC(=O)[C@H](Cc2c[nH]c3ccccc23)NC(=O)[C@H](CCCNC(=N)N)NC(=O)[C@@H](Cc2ccccc2)NC(=O)[C@@H]2C[C@@H](O)CN2C1=O. The van der Waals surface area contributed by atoms with Crippen LogP contribution in [0.1, 0.15) is 216 Å². The number of aliphatic hydroxyl groups excluding tert-OH is 2. The number of amides is 17. The molecule has 146 heavy (non-hydrogen) atoms. The second kappa shape index (κ2) is 65.9. The molecule has 0 radical (unpaired) electrons. The van der Waals surface area contributed by atoms with E-state index in [9.17, 15) is 82.4 Å². The Bertz CT molecular complexity index is 5010. The third-order valence-electron chi connectivity index (χ3n) is 24.5. The number of primary amides is 2. The highest BCUT2D eigenvalue weighted by Crippen LogP contribution is 2.25. The molecule has 0 aliphatic carbocycles. The largest absolute Gasteiger partial charge is 0.481 e. The molecule has 2 aliphatic rings. The molecule has 2 aliphatic heterocycles. The van der Waals surface area contributed by atoms with E-state index < -0.39 is 250 Å². The molecule has 0 bridgehead atoms. The third kappa shape index (κ3) is 44.6. The number of hydrogen-bond acceptors (Lipinski definition) is 28. The summed E-state index contributed by atoms with van der Waals surface area (Å²) in [6.07, 6.45) is 15.1. The van der Waals surface area contributed by atoms with Crippen molar-refractivity contribution in [2.24, 2.45) is 22.9 Å². The van der Waals surface area contributed by atoms with Crippen LogP contribution in [0.2, 0.25) is 0 Å². The number of guanidine groups is 1. The number of nitrogens with zero attached hydrogens (tertiary/aromatic N) is 5. The summed E-state index contributed by atoms with van der Waals surface area (Å²) >= 11 is 0. The van der Waals surface area contributed by atoms with Crippen LogP contribution in [0.5, 0.6) is 0 Å². The van der Waals surface area contributed by atoms with E-state index in [0.717, 1.165) is 62.1 Å². The van der Waals surface area contributed by atoms with Crippen LogP contribution in [0.4, 0.5) is 0 Å². The fourth-order valence-corrected chi connectivity index (χ4v) is 16.5. The van der Waals surface area contributed by atoms with Gasteiger partial charge in [-0.05, 0) is 98.2 Å². The van der Waals surface area contributed by atoms with Crippen LogP contribution in [-0.2, 0) is 121 Å². The Morgan fingerprint density at radius 3 is 1.86 bits per heavy atom. The van der Waals surface area contributed by atoms with E-state index in [-0.39, 0.29) is 134 Å². The summed E-state index contributed by atoms with van der Waals surface area (Å²) < 4.78 is 10.8. The van der Waals surface area contributed by atoms with Gasteiger partial charge in [-0.1, -0.05) is 139 Å². The number of carboxylic acid groups (broad SMARTS) is 1. The monoisotopic (exact) mass is 2050 g/mol. The number of aryl methyl sites for hydroxylation is 1. The Balaban J connectivity index is 0.935. The number of unbranched alkanes of at least 4 members (excludes halogenated alkanes) is 13. The number of carbonyl (C=O) groups excluding carboxylic acids is 17. The maximum atomic E-state index is 15.4. The molecule has 13 atom stereocenters. The lowest BCUT2D eigenvalue weighted by molar-refractivity contribution is -0.143. The van der Waals surface area contributed by atoms with E-state index in [1.165, 1.54) is 44.6 Å². The predicted octanol–water partition coefficient (Wildman–Crippen LogP) is -4.20. The number of imidazole rings is 1. The summed E-state index contributed by atoms with van der Waals surface area (Å²) in [4.78, 5) is 260. The minimum absolute atomic E-state index is 0.0232. The Labute approximate surface area is 844 Å². The molecule has 2 fully saturated rings. The van der Waals surface area contributed by atoms with Crippen molar-refractivity contribution in [3.05, 3.63) is 96.0 Å². The normalized spacial score (nSPS) is 18.4. The standard InChI is InChI=1S/C95H146N28O23/c1-2-3-28-65(85(135)113-69-35-38-78(127)102-40-23-22-30-64(83(98)133)110-89(139)71(47-59-51-105-63-29-21-20-27-62(59)63)114-86(136)66(31-24-41-104-95(99)100)112-88(138)70(46-58-25-16-15-17-26-58)116-93(143)75-49-61(125)54-123(75)94(69)144)111-90(140)72(48-60-52-101-57-107-60)115-91(141)73(50-96)117-92(142)74(55-124)118-87(137)68(34-37-76(97)126)109-80(129)53-106-81(130)56-146-45-44-145-43-42-103-84(134)67(36-39-82(131)132)108-79(128)33-19-14-12-10-8-6-4-5-7-9-11-13-18-32-77-119-121-122-120-77/h15-17,20-21,25-27,29,51-52,57,61,64-75,105,124-125H,2-14,18-19,22-24,28,30-50,53-56,96H2,1H3,(H2,97,126)(H2,98,133)(H,101,107)(H,102,127)(H,103,134)(H,106,130)(H,108,128)(H,109,129)(H,110,139)(H,111,140)(H,112,138)(H,113,135)(H,114,136)(H,115,141)(H,116,143)(H,117,142)(H,118,137)(H,131,132)(H4,99,100,104)(H,119,120,121,122)/t61-,64+,65+,66+,67+,68+,69+,70-,71+,72+,73+,74-,75+/m1/s1. The first-order valence-electron chi connectivity index (χ1n) is 50.0. The van der Waals surface area contributed by atoms with Gasteiger partial charge in [0.25, 0.3) is 0 Å². The van der Waals surface area contributed by atoms with Crippen LogP contribution in [-0.4, -0.2) is 319 Å². The van der Waals surface area contributed by atoms with Crippen molar-refractivity contribution in [3.8, 4) is 0 Å². The Morgan fingerprint density at radius 2 is 1.19 bits per heavy atom. The number of rotatable bonds is 61. The number of para-hydroxylation sites is 1. The van der Waals surface area contributed by atoms with Gasteiger partial charge in [0.15, 0.2) is 5.96 Å². The molecular formula is C95H146N28O23. The van der Waals surface area contributed by atoms with Crippen molar-refractivity contribution in [3.63, 3.8) is 0 Å². The maximum Gasteiger partial charge on any atom is 0.303 e. The smallest absolute Gasteiger partial charge is 0.303 e. The lowest BCUT2D eigenvalue weighted by atomic mass is 10.0. The van der Waals surface area contributed by atoms with Crippen molar-refractivity contribution >= 4 is 123 Å². The minimum atomic E-state index is -1.91.